The van der Waals surface area contributed by atoms with Gasteiger partial charge >= 0.3 is 0 Å². The fraction of sp³-hybridized carbons (Fsp3) is 0.0323. The number of para-hydroxylation sites is 2. The van der Waals surface area contributed by atoms with Gasteiger partial charge < -0.3 is 0 Å². The first-order chi connectivity index (χ1) is 20.0. The summed E-state index contributed by atoms with van der Waals surface area (Å²) in [5, 5.41) is 40.4. The highest BCUT2D eigenvalue weighted by atomic mass is 16.6. The Balaban J connectivity index is 1.55. The van der Waals surface area contributed by atoms with Crippen molar-refractivity contribution < 1.29 is 9.85 Å². The molecule has 41 heavy (non-hydrogen) atoms. The maximum absolute atomic E-state index is 11.6. The molecular weight excluding hydrogens is 520 g/mol. The molecule has 1 aliphatic carbocycles. The molecule has 0 radical (unpaired) electrons. The molecule has 0 saturated carbocycles. The number of hydrogen-bond donors (Lipinski definition) is 0. The van der Waals surface area contributed by atoms with Gasteiger partial charge in [-0.1, -0.05) is 78.9 Å². The predicted octanol–water partition coefficient (Wildman–Crippen LogP) is 9.49. The van der Waals surface area contributed by atoms with Gasteiger partial charge in [-0.2, -0.15) is 5.11 Å². The highest BCUT2D eigenvalue weighted by Gasteiger charge is 2.32. The minimum atomic E-state index is -0.508. The number of fused-ring (bicyclic) bond motifs is 3. The Morgan fingerprint density at radius 1 is 0.537 bits per heavy atom. The molecule has 0 spiro atoms. The summed E-state index contributed by atoms with van der Waals surface area (Å²) >= 11 is 0. The predicted molar refractivity (Wildman–Crippen MR) is 154 cm³/mol. The highest BCUT2D eigenvalue weighted by molar-refractivity contribution is 5.90. The molecule has 0 saturated heterocycles. The minimum Gasteiger partial charge on any atom is -0.258 e. The number of nitrogens with zero attached hydrogens (tertiary/aromatic N) is 6. The number of rotatable bonds is 7. The smallest absolute Gasteiger partial charge is 0.258 e. The lowest BCUT2D eigenvalue weighted by molar-refractivity contribution is -0.384. The Bertz CT molecular complexity index is 1870. The lowest BCUT2D eigenvalue weighted by Gasteiger charge is -2.14. The Morgan fingerprint density at radius 2 is 1.07 bits per heavy atom. The lowest BCUT2D eigenvalue weighted by atomic mass is 9.89. The van der Waals surface area contributed by atoms with Crippen LogP contribution in [-0.2, 0) is 0 Å². The van der Waals surface area contributed by atoms with Crippen LogP contribution in [0.3, 0.4) is 0 Å². The number of nitro benzene ring substituents is 2. The molecule has 1 atom stereocenters. The molecule has 0 N–H and O–H groups in total. The summed E-state index contributed by atoms with van der Waals surface area (Å²) in [6.07, 6.45) is 0. The Morgan fingerprint density at radius 3 is 1.73 bits per heavy atom. The van der Waals surface area contributed by atoms with Gasteiger partial charge in [-0.25, -0.2) is 0 Å². The van der Waals surface area contributed by atoms with E-state index in [0.29, 0.717) is 11.4 Å². The maximum atomic E-state index is 11.6. The molecule has 6 rings (SSSR count). The van der Waals surface area contributed by atoms with Gasteiger partial charge in [0, 0.05) is 23.6 Å². The molecule has 1 aliphatic rings. The van der Waals surface area contributed by atoms with E-state index < -0.39 is 9.85 Å². The number of azo groups is 2. The van der Waals surface area contributed by atoms with Crippen LogP contribution in [0, 0.1) is 20.2 Å². The topological polar surface area (TPSA) is 136 Å². The summed E-state index contributed by atoms with van der Waals surface area (Å²) in [6, 6.07) is 33.8. The maximum Gasteiger partial charge on any atom is 0.296 e. The van der Waals surface area contributed by atoms with Crippen molar-refractivity contribution in [2.75, 3.05) is 0 Å². The summed E-state index contributed by atoms with van der Waals surface area (Å²) in [6.45, 7) is 0. The van der Waals surface area contributed by atoms with Crippen molar-refractivity contribution in [1.29, 1.82) is 0 Å². The van der Waals surface area contributed by atoms with Crippen molar-refractivity contribution in [2.24, 2.45) is 20.5 Å². The zero-order valence-corrected chi connectivity index (χ0v) is 21.4. The van der Waals surface area contributed by atoms with Crippen LogP contribution in [-0.4, -0.2) is 9.85 Å². The first kappa shape index (κ1) is 25.4. The van der Waals surface area contributed by atoms with E-state index >= 15 is 0 Å². The third-order valence-corrected chi connectivity index (χ3v) is 6.81. The molecule has 1 unspecified atom stereocenters. The molecule has 0 heterocycles. The van der Waals surface area contributed by atoms with Gasteiger partial charge in [-0.3, -0.25) is 20.2 Å². The number of nitro groups is 2. The third kappa shape index (κ3) is 4.85. The second-order valence-corrected chi connectivity index (χ2v) is 9.25. The first-order valence-corrected chi connectivity index (χ1v) is 12.6. The summed E-state index contributed by atoms with van der Waals surface area (Å²) in [4.78, 5) is 22.0. The zero-order valence-electron chi connectivity index (χ0n) is 21.4. The van der Waals surface area contributed by atoms with E-state index in [1.807, 2.05) is 54.6 Å². The molecule has 0 bridgehead atoms. The van der Waals surface area contributed by atoms with Crippen LogP contribution in [0.1, 0.15) is 22.6 Å². The molecule has 0 aliphatic heterocycles. The zero-order chi connectivity index (χ0) is 28.3. The molecule has 198 valence electrons. The standard InChI is InChI=1S/C31H20N6O4/c38-36(39)28-16-8-6-14-25(28)33-32-21-18-24-30(20-10-2-1-3-11-20)22-12-4-5-13-23(22)31(24)27(19-21)35-34-26-15-7-9-17-29(26)37(40)41/h1-19,30H. The van der Waals surface area contributed by atoms with Gasteiger partial charge in [0.15, 0.2) is 11.4 Å². The SMILES string of the molecule is O=[N+]([O-])c1ccccc1N=Nc1cc(N=Nc2ccccc2[N+](=O)[O-])c2c(c1)C(c1ccccc1)c1ccccc1-2. The van der Waals surface area contributed by atoms with Gasteiger partial charge in [0.2, 0.25) is 0 Å². The molecular formula is C31H20N6O4. The molecule has 0 aromatic heterocycles. The van der Waals surface area contributed by atoms with Gasteiger partial charge in [0.05, 0.1) is 21.2 Å². The van der Waals surface area contributed by atoms with E-state index in [1.54, 1.807) is 30.3 Å². The van der Waals surface area contributed by atoms with Gasteiger partial charge in [0.1, 0.15) is 0 Å². The molecule has 5 aromatic rings. The van der Waals surface area contributed by atoms with E-state index in [9.17, 15) is 20.2 Å². The second kappa shape index (κ2) is 10.7. The number of benzene rings is 5. The first-order valence-electron chi connectivity index (χ1n) is 12.6. The van der Waals surface area contributed by atoms with Crippen molar-refractivity contribution in [1.82, 2.24) is 0 Å². The molecule has 10 heteroatoms. The monoisotopic (exact) mass is 540 g/mol. The quantitative estimate of drug-likeness (QED) is 0.113. The average molecular weight is 541 g/mol. The molecule has 0 fully saturated rings. The van der Waals surface area contributed by atoms with Crippen LogP contribution >= 0.6 is 0 Å². The molecule has 0 amide bonds. The summed E-state index contributed by atoms with van der Waals surface area (Å²) < 4.78 is 0. The number of hydrogen-bond acceptors (Lipinski definition) is 8. The van der Waals surface area contributed by atoms with Crippen LogP contribution in [0.4, 0.5) is 34.1 Å². The van der Waals surface area contributed by atoms with Gasteiger partial charge in [-0.05, 0) is 46.5 Å². The lowest BCUT2D eigenvalue weighted by Crippen LogP contribution is -1.98. The largest absolute Gasteiger partial charge is 0.296 e. The fourth-order valence-corrected chi connectivity index (χ4v) is 5.07. The van der Waals surface area contributed by atoms with Gasteiger partial charge in [0.25, 0.3) is 11.4 Å². The molecule has 10 nitrogen and oxygen atoms in total. The van der Waals surface area contributed by atoms with Crippen molar-refractivity contribution in [3.8, 4) is 11.1 Å². The van der Waals surface area contributed by atoms with E-state index in [4.69, 9.17) is 0 Å². The van der Waals surface area contributed by atoms with Crippen LogP contribution in [0.2, 0.25) is 0 Å². The summed E-state index contributed by atoms with van der Waals surface area (Å²) in [5.41, 5.74) is 5.61. The van der Waals surface area contributed by atoms with Crippen molar-refractivity contribution >= 4 is 34.1 Å². The van der Waals surface area contributed by atoms with Crippen LogP contribution in [0.5, 0.6) is 0 Å². The Labute approximate surface area is 233 Å². The average Bonchev–Trinajstić information content (AvgIpc) is 3.33. The van der Waals surface area contributed by atoms with E-state index in [2.05, 4.69) is 26.5 Å². The van der Waals surface area contributed by atoms with Crippen molar-refractivity contribution in [2.45, 2.75) is 5.92 Å². The van der Waals surface area contributed by atoms with Gasteiger partial charge in [-0.15, -0.1) is 15.3 Å². The minimum absolute atomic E-state index is 0.115. The second-order valence-electron chi connectivity index (χ2n) is 9.25. The van der Waals surface area contributed by atoms with Crippen LogP contribution in [0.25, 0.3) is 11.1 Å². The van der Waals surface area contributed by atoms with Crippen LogP contribution in [0.15, 0.2) is 136 Å². The van der Waals surface area contributed by atoms with E-state index in [1.165, 1.54) is 24.3 Å². The van der Waals surface area contributed by atoms with Crippen molar-refractivity contribution in [3.63, 3.8) is 0 Å². The highest BCUT2D eigenvalue weighted by Crippen LogP contribution is 2.53. The normalized spacial score (nSPS) is 13.8. The van der Waals surface area contributed by atoms with Crippen molar-refractivity contribution in [3.05, 3.63) is 152 Å². The van der Waals surface area contributed by atoms with Crippen LogP contribution < -0.4 is 0 Å². The summed E-state index contributed by atoms with van der Waals surface area (Å²) in [5.74, 6) is -0.136. The summed E-state index contributed by atoms with van der Waals surface area (Å²) in [7, 11) is 0. The third-order valence-electron chi connectivity index (χ3n) is 6.81. The fourth-order valence-electron chi connectivity index (χ4n) is 5.07. The Kier molecular flexibility index (Phi) is 6.62. The van der Waals surface area contributed by atoms with E-state index in [0.717, 1.165) is 27.8 Å². The Hall–Kier alpha value is -5.90. The molecule has 5 aromatic carbocycles. The van der Waals surface area contributed by atoms with E-state index in [-0.39, 0.29) is 28.7 Å².